The molecule has 0 spiro atoms. The lowest BCUT2D eigenvalue weighted by molar-refractivity contribution is 0.102. The molecule has 0 saturated carbocycles. The zero-order chi connectivity index (χ0) is 20.8. The fourth-order valence-corrected chi connectivity index (χ4v) is 3.08. The molecule has 0 radical (unpaired) electrons. The smallest absolute Gasteiger partial charge is 0.255 e. The predicted octanol–water partition coefficient (Wildman–Crippen LogP) is 5.83. The highest BCUT2D eigenvalue weighted by Gasteiger charge is 2.13. The van der Waals surface area contributed by atoms with Crippen LogP contribution in [-0.4, -0.2) is 25.1 Å². The van der Waals surface area contributed by atoms with E-state index < -0.39 is 0 Å². The maximum Gasteiger partial charge on any atom is 0.255 e. The van der Waals surface area contributed by atoms with Gasteiger partial charge in [-0.3, -0.25) is 9.78 Å². The van der Waals surface area contributed by atoms with E-state index >= 15 is 0 Å². The van der Waals surface area contributed by atoms with Gasteiger partial charge in [-0.05, 0) is 35.9 Å². The van der Waals surface area contributed by atoms with E-state index in [9.17, 15) is 4.79 Å². The number of carbonyl (C=O) groups excluding carboxylic acids is 1. The van der Waals surface area contributed by atoms with E-state index in [0.29, 0.717) is 17.0 Å². The number of nitrogens with one attached hydrogen (secondary N) is 1. The van der Waals surface area contributed by atoms with Crippen molar-refractivity contribution in [2.75, 3.05) is 19.5 Å². The summed E-state index contributed by atoms with van der Waals surface area (Å²) in [6.07, 6.45) is 6.64. The van der Waals surface area contributed by atoms with Gasteiger partial charge in [-0.15, -0.1) is 0 Å². The summed E-state index contributed by atoms with van der Waals surface area (Å²) < 4.78 is 10.6. The van der Waals surface area contributed by atoms with Gasteiger partial charge in [0, 0.05) is 23.5 Å². The van der Waals surface area contributed by atoms with Crippen molar-refractivity contribution >= 4 is 46.9 Å². The van der Waals surface area contributed by atoms with Gasteiger partial charge in [0.1, 0.15) is 11.5 Å². The number of halogens is 2. The van der Waals surface area contributed by atoms with E-state index in [1.54, 1.807) is 32.4 Å². The maximum absolute atomic E-state index is 12.7. The molecule has 1 aromatic heterocycles. The van der Waals surface area contributed by atoms with E-state index in [1.807, 2.05) is 36.4 Å². The molecule has 0 atom stereocenters. The predicted molar refractivity (Wildman–Crippen MR) is 117 cm³/mol. The molecule has 0 fully saturated rings. The lowest BCUT2D eigenvalue weighted by atomic mass is 10.1. The Morgan fingerprint density at radius 2 is 1.66 bits per heavy atom. The summed E-state index contributed by atoms with van der Waals surface area (Å²) in [6.45, 7) is 0. The van der Waals surface area contributed by atoms with Crippen molar-refractivity contribution in [3.63, 3.8) is 0 Å². The van der Waals surface area contributed by atoms with Gasteiger partial charge < -0.3 is 14.8 Å². The number of hydrogen-bond donors (Lipinski definition) is 1. The number of carbonyl (C=O) groups is 1. The highest BCUT2D eigenvalue weighted by atomic mass is 35.5. The van der Waals surface area contributed by atoms with Gasteiger partial charge in [0.05, 0.1) is 30.0 Å². The molecule has 2 aromatic carbocycles. The first-order valence-electron chi connectivity index (χ1n) is 8.62. The molecule has 1 heterocycles. The first-order chi connectivity index (χ1) is 14.0. The van der Waals surface area contributed by atoms with Crippen LogP contribution >= 0.6 is 23.2 Å². The fraction of sp³-hybridized carbons (Fsp3) is 0.0909. The zero-order valence-electron chi connectivity index (χ0n) is 15.8. The first kappa shape index (κ1) is 20.7. The summed E-state index contributed by atoms with van der Waals surface area (Å²) in [5, 5.41) is 3.25. The number of nitrogens with zero attached hydrogens (tertiary/aromatic N) is 1. The summed E-state index contributed by atoms with van der Waals surface area (Å²) in [7, 11) is 3.20. The van der Waals surface area contributed by atoms with Gasteiger partial charge in [-0.1, -0.05) is 47.5 Å². The number of aromatic nitrogens is 1. The third-order valence-electron chi connectivity index (χ3n) is 4.15. The standard InChI is InChI=1S/C22H18Cl2N2O3/c1-28-17-8-4-14(5-9-17)3-6-15-11-16(7-10-20(15)29-2)22(27)26-21-18(23)12-25-13-19(21)24/h3-13H,1-2H3,(H,25,26,27). The van der Waals surface area contributed by atoms with Crippen molar-refractivity contribution in [1.29, 1.82) is 0 Å². The monoisotopic (exact) mass is 428 g/mol. The van der Waals surface area contributed by atoms with E-state index in [0.717, 1.165) is 16.9 Å². The van der Waals surface area contributed by atoms with Crippen LogP contribution in [0.2, 0.25) is 10.0 Å². The Kier molecular flexibility index (Phi) is 6.75. The van der Waals surface area contributed by atoms with Gasteiger partial charge >= 0.3 is 0 Å². The molecule has 3 aromatic rings. The van der Waals surface area contributed by atoms with Crippen molar-refractivity contribution in [1.82, 2.24) is 4.98 Å². The maximum atomic E-state index is 12.7. The number of anilines is 1. The van der Waals surface area contributed by atoms with E-state index in [1.165, 1.54) is 12.4 Å². The number of amides is 1. The summed E-state index contributed by atoms with van der Waals surface area (Å²) in [6, 6.07) is 12.8. The number of ether oxygens (including phenoxy) is 2. The van der Waals surface area contributed by atoms with Crippen LogP contribution in [0, 0.1) is 0 Å². The van der Waals surface area contributed by atoms with Gasteiger partial charge in [0.25, 0.3) is 5.91 Å². The van der Waals surface area contributed by atoms with Gasteiger partial charge in [0.15, 0.2) is 0 Å². The van der Waals surface area contributed by atoms with E-state index in [2.05, 4.69) is 10.3 Å². The average Bonchev–Trinajstić information content (AvgIpc) is 2.75. The molecule has 1 N–H and O–H groups in total. The third kappa shape index (κ3) is 5.08. The van der Waals surface area contributed by atoms with Crippen LogP contribution in [0.5, 0.6) is 11.5 Å². The minimum Gasteiger partial charge on any atom is -0.497 e. The van der Waals surface area contributed by atoms with Crippen LogP contribution in [0.15, 0.2) is 54.9 Å². The molecule has 1 amide bonds. The van der Waals surface area contributed by atoms with Gasteiger partial charge in [0.2, 0.25) is 0 Å². The number of rotatable bonds is 6. The Balaban J connectivity index is 1.86. The number of pyridine rings is 1. The molecule has 0 unspecified atom stereocenters. The van der Waals surface area contributed by atoms with Crippen LogP contribution in [0.4, 0.5) is 5.69 Å². The quantitative estimate of drug-likeness (QED) is 0.501. The zero-order valence-corrected chi connectivity index (χ0v) is 17.3. The highest BCUT2D eigenvalue weighted by Crippen LogP contribution is 2.30. The molecule has 3 rings (SSSR count). The van der Waals surface area contributed by atoms with E-state index in [-0.39, 0.29) is 16.0 Å². The van der Waals surface area contributed by atoms with E-state index in [4.69, 9.17) is 32.7 Å². The number of methoxy groups -OCH3 is 2. The molecular weight excluding hydrogens is 411 g/mol. The van der Waals surface area contributed by atoms with Crippen LogP contribution in [0.25, 0.3) is 12.2 Å². The topological polar surface area (TPSA) is 60.5 Å². The second-order valence-corrected chi connectivity index (χ2v) is 6.81. The summed E-state index contributed by atoms with van der Waals surface area (Å²) >= 11 is 12.2. The largest absolute Gasteiger partial charge is 0.497 e. The molecule has 0 bridgehead atoms. The lowest BCUT2D eigenvalue weighted by Gasteiger charge is -2.11. The summed E-state index contributed by atoms with van der Waals surface area (Å²) in [5.41, 5.74) is 2.49. The van der Waals surface area contributed by atoms with Crippen LogP contribution in [0.1, 0.15) is 21.5 Å². The third-order valence-corrected chi connectivity index (χ3v) is 4.73. The van der Waals surface area contributed by atoms with Crippen LogP contribution in [0.3, 0.4) is 0 Å². The Hall–Kier alpha value is -3.02. The van der Waals surface area contributed by atoms with Crippen molar-refractivity contribution in [3.05, 3.63) is 81.6 Å². The fourth-order valence-electron chi connectivity index (χ4n) is 2.62. The molecule has 0 aliphatic carbocycles. The second kappa shape index (κ2) is 9.45. The minimum atomic E-state index is -0.346. The lowest BCUT2D eigenvalue weighted by Crippen LogP contribution is -2.13. The molecule has 5 nitrogen and oxygen atoms in total. The van der Waals surface area contributed by atoms with Crippen molar-refractivity contribution in [2.45, 2.75) is 0 Å². The molecule has 7 heteroatoms. The highest BCUT2D eigenvalue weighted by molar-refractivity contribution is 6.39. The Bertz CT molecular complexity index is 1030. The molecular formula is C22H18Cl2N2O3. The van der Waals surface area contributed by atoms with Crippen molar-refractivity contribution in [2.24, 2.45) is 0 Å². The Morgan fingerprint density at radius 3 is 2.28 bits per heavy atom. The normalized spacial score (nSPS) is 10.8. The number of hydrogen-bond acceptors (Lipinski definition) is 4. The van der Waals surface area contributed by atoms with Gasteiger partial charge in [-0.2, -0.15) is 0 Å². The first-order valence-corrected chi connectivity index (χ1v) is 9.38. The summed E-state index contributed by atoms with van der Waals surface area (Å²) in [4.78, 5) is 16.6. The molecule has 0 aliphatic heterocycles. The SMILES string of the molecule is COc1ccc(C=Cc2cc(C(=O)Nc3c(Cl)cncc3Cl)ccc2OC)cc1. The average molecular weight is 429 g/mol. The van der Waals surface area contributed by atoms with Crippen molar-refractivity contribution in [3.8, 4) is 11.5 Å². The Morgan fingerprint density at radius 1 is 0.966 bits per heavy atom. The van der Waals surface area contributed by atoms with Crippen LogP contribution < -0.4 is 14.8 Å². The molecule has 148 valence electrons. The molecule has 0 aliphatic rings. The second-order valence-electron chi connectivity index (χ2n) is 6.00. The number of benzene rings is 2. The Labute approximate surface area is 178 Å². The van der Waals surface area contributed by atoms with Crippen LogP contribution in [-0.2, 0) is 0 Å². The summed E-state index contributed by atoms with van der Waals surface area (Å²) in [5.74, 6) is 1.08. The van der Waals surface area contributed by atoms with Crippen molar-refractivity contribution < 1.29 is 14.3 Å². The molecule has 0 saturated heterocycles. The minimum absolute atomic E-state index is 0.263. The van der Waals surface area contributed by atoms with Gasteiger partial charge in [-0.25, -0.2) is 0 Å². The molecule has 29 heavy (non-hydrogen) atoms.